The van der Waals surface area contributed by atoms with Gasteiger partial charge in [-0.25, -0.2) is 9.48 Å². The first-order valence-electron chi connectivity index (χ1n) is 9.51. The molecule has 7 nitrogen and oxygen atoms in total. The summed E-state index contributed by atoms with van der Waals surface area (Å²) >= 11 is 0. The van der Waals surface area contributed by atoms with Crippen molar-refractivity contribution in [3.63, 3.8) is 0 Å². The Labute approximate surface area is 173 Å². The third-order valence-corrected chi connectivity index (χ3v) is 4.91. The largest absolute Gasteiger partial charge is 0.493 e. The number of hydrogen-bond acceptors (Lipinski definition) is 5. The molecule has 0 spiro atoms. The summed E-state index contributed by atoms with van der Waals surface area (Å²) in [6.07, 6.45) is 0.615. The summed E-state index contributed by atoms with van der Waals surface area (Å²) in [5.41, 5.74) is 2.90. The van der Waals surface area contributed by atoms with Gasteiger partial charge in [0.15, 0.2) is 11.9 Å². The summed E-state index contributed by atoms with van der Waals surface area (Å²) in [7, 11) is 1.45. The van der Waals surface area contributed by atoms with Gasteiger partial charge in [0, 0.05) is 22.2 Å². The summed E-state index contributed by atoms with van der Waals surface area (Å²) in [6.45, 7) is 3.38. The van der Waals surface area contributed by atoms with Crippen molar-refractivity contribution >= 4 is 22.7 Å². The predicted octanol–water partition coefficient (Wildman–Crippen LogP) is 4.10. The Balaban J connectivity index is 1.58. The molecule has 2 aromatic carbocycles. The van der Waals surface area contributed by atoms with Crippen LogP contribution < -0.4 is 4.74 Å². The molecule has 0 fully saturated rings. The maximum absolute atomic E-state index is 13.0. The van der Waals surface area contributed by atoms with E-state index in [-0.39, 0.29) is 17.2 Å². The molecular weight excluding hydrogens is 382 g/mol. The highest BCUT2D eigenvalue weighted by Gasteiger charge is 2.27. The zero-order chi connectivity index (χ0) is 21.3. The van der Waals surface area contributed by atoms with Gasteiger partial charge in [-0.1, -0.05) is 36.4 Å². The lowest BCUT2D eigenvalue weighted by Gasteiger charge is -2.12. The first-order valence-corrected chi connectivity index (χ1v) is 9.51. The first-order chi connectivity index (χ1) is 14.5. The van der Waals surface area contributed by atoms with Crippen LogP contribution in [-0.2, 0) is 4.74 Å². The number of esters is 1. The van der Waals surface area contributed by atoms with Gasteiger partial charge in [-0.3, -0.25) is 4.79 Å². The molecule has 2 heterocycles. The molecule has 2 aromatic heterocycles. The minimum Gasteiger partial charge on any atom is -0.493 e. The molecule has 0 aliphatic carbocycles. The minimum absolute atomic E-state index is 0.0108. The van der Waals surface area contributed by atoms with Crippen LogP contribution in [0.1, 0.15) is 33.5 Å². The number of nitrogens with zero attached hydrogens (tertiary/aromatic N) is 2. The molecule has 30 heavy (non-hydrogen) atoms. The smallest absolute Gasteiger partial charge is 0.363 e. The summed E-state index contributed by atoms with van der Waals surface area (Å²) < 4.78 is 12.3. The normalized spacial score (nSPS) is 12.0. The second-order valence-corrected chi connectivity index (χ2v) is 6.91. The standard InChI is InChI=1S/C23H21N3O4/c1-14-20(17-11-7-8-12-18(17)24-14)22(27)15(2)30-23(28)21-19(29-3)13-26(25-21)16-9-5-4-6-10-16/h4-13,15,24H,1-3H3. The average molecular weight is 403 g/mol. The molecule has 0 bridgehead atoms. The van der Waals surface area contributed by atoms with E-state index in [1.807, 2.05) is 61.5 Å². The Morgan fingerprint density at radius 2 is 1.77 bits per heavy atom. The van der Waals surface area contributed by atoms with E-state index in [2.05, 4.69) is 10.1 Å². The van der Waals surface area contributed by atoms with Gasteiger partial charge < -0.3 is 14.5 Å². The zero-order valence-corrected chi connectivity index (χ0v) is 16.9. The second kappa shape index (κ2) is 7.87. The van der Waals surface area contributed by atoms with Crippen molar-refractivity contribution in [2.45, 2.75) is 20.0 Å². The number of carbonyl (C=O) groups excluding carboxylic acids is 2. The highest BCUT2D eigenvalue weighted by atomic mass is 16.5. The van der Waals surface area contributed by atoms with E-state index in [0.29, 0.717) is 5.56 Å². The Kier molecular flexibility index (Phi) is 5.10. The molecule has 4 aromatic rings. The third kappa shape index (κ3) is 3.45. The fourth-order valence-corrected chi connectivity index (χ4v) is 3.43. The number of ketones is 1. The van der Waals surface area contributed by atoms with Crippen LogP contribution in [0.25, 0.3) is 16.6 Å². The summed E-state index contributed by atoms with van der Waals surface area (Å²) in [6, 6.07) is 16.9. The van der Waals surface area contributed by atoms with E-state index in [0.717, 1.165) is 22.3 Å². The molecule has 1 atom stereocenters. The molecule has 1 unspecified atom stereocenters. The van der Waals surface area contributed by atoms with Crippen LogP contribution in [-0.4, -0.2) is 39.7 Å². The number of carbonyl (C=O) groups is 2. The van der Waals surface area contributed by atoms with E-state index >= 15 is 0 Å². The van der Waals surface area contributed by atoms with Crippen LogP contribution in [0.4, 0.5) is 0 Å². The fraction of sp³-hybridized carbons (Fsp3) is 0.174. The quantitative estimate of drug-likeness (QED) is 0.387. The number of aromatic nitrogens is 3. The number of hydrogen-bond donors (Lipinski definition) is 1. The number of nitrogens with one attached hydrogen (secondary N) is 1. The first kappa shape index (κ1) is 19.4. The minimum atomic E-state index is -0.984. The van der Waals surface area contributed by atoms with E-state index in [9.17, 15) is 9.59 Å². The van der Waals surface area contributed by atoms with Gasteiger partial charge in [-0.05, 0) is 32.0 Å². The van der Waals surface area contributed by atoms with Crippen molar-refractivity contribution in [3.8, 4) is 11.4 Å². The number of aromatic amines is 1. The van der Waals surface area contributed by atoms with E-state index in [1.165, 1.54) is 11.8 Å². The molecule has 0 aliphatic rings. The second-order valence-electron chi connectivity index (χ2n) is 6.91. The maximum Gasteiger partial charge on any atom is 0.363 e. The summed E-state index contributed by atoms with van der Waals surface area (Å²) in [5, 5.41) is 5.09. The van der Waals surface area contributed by atoms with Crippen LogP contribution in [0, 0.1) is 6.92 Å². The van der Waals surface area contributed by atoms with Crippen molar-refractivity contribution in [2.24, 2.45) is 0 Å². The number of rotatable bonds is 6. The summed E-state index contributed by atoms with van der Waals surface area (Å²) in [4.78, 5) is 29.0. The van der Waals surface area contributed by atoms with Crippen molar-refractivity contribution < 1.29 is 19.1 Å². The molecule has 0 aliphatic heterocycles. The molecule has 0 amide bonds. The maximum atomic E-state index is 13.0. The molecule has 7 heteroatoms. The van der Waals surface area contributed by atoms with Gasteiger partial charge >= 0.3 is 5.97 Å². The lowest BCUT2D eigenvalue weighted by molar-refractivity contribution is 0.0310. The highest BCUT2D eigenvalue weighted by Crippen LogP contribution is 2.25. The van der Waals surface area contributed by atoms with Gasteiger partial charge in [0.25, 0.3) is 0 Å². The fourth-order valence-electron chi connectivity index (χ4n) is 3.43. The lowest BCUT2D eigenvalue weighted by Crippen LogP contribution is -2.25. The topological polar surface area (TPSA) is 86.2 Å². The van der Waals surface area contributed by atoms with Gasteiger partial charge in [-0.15, -0.1) is 0 Å². The lowest BCUT2D eigenvalue weighted by atomic mass is 10.0. The number of Topliss-reactive ketones (excluding diaryl/α,β-unsaturated/α-hetero) is 1. The molecular formula is C23H21N3O4. The van der Waals surface area contributed by atoms with Crippen LogP contribution >= 0.6 is 0 Å². The zero-order valence-electron chi connectivity index (χ0n) is 16.9. The van der Waals surface area contributed by atoms with Crippen LogP contribution in [0.3, 0.4) is 0 Å². The molecule has 0 saturated carbocycles. The van der Waals surface area contributed by atoms with Crippen molar-refractivity contribution in [2.75, 3.05) is 7.11 Å². The third-order valence-electron chi connectivity index (χ3n) is 4.91. The number of benzene rings is 2. The number of methoxy groups -OCH3 is 1. The van der Waals surface area contributed by atoms with Crippen LogP contribution in [0.15, 0.2) is 60.8 Å². The number of ether oxygens (including phenoxy) is 2. The van der Waals surface area contributed by atoms with E-state index in [1.54, 1.807) is 13.1 Å². The van der Waals surface area contributed by atoms with Crippen molar-refractivity contribution in [1.29, 1.82) is 0 Å². The molecule has 0 radical (unpaired) electrons. The monoisotopic (exact) mass is 403 g/mol. The Hall–Kier alpha value is -3.87. The Bertz CT molecular complexity index is 1220. The average Bonchev–Trinajstić information content (AvgIpc) is 3.34. The van der Waals surface area contributed by atoms with Crippen molar-refractivity contribution in [3.05, 3.63) is 77.7 Å². The van der Waals surface area contributed by atoms with Crippen molar-refractivity contribution in [1.82, 2.24) is 14.8 Å². The van der Waals surface area contributed by atoms with Gasteiger partial charge in [0.2, 0.25) is 11.5 Å². The van der Waals surface area contributed by atoms with Crippen LogP contribution in [0.5, 0.6) is 5.75 Å². The Morgan fingerprint density at radius 1 is 1.07 bits per heavy atom. The Morgan fingerprint density at radius 3 is 2.50 bits per heavy atom. The number of aryl methyl sites for hydroxylation is 1. The number of para-hydroxylation sites is 2. The molecule has 0 saturated heterocycles. The highest BCUT2D eigenvalue weighted by molar-refractivity contribution is 6.11. The van der Waals surface area contributed by atoms with Gasteiger partial charge in [0.1, 0.15) is 0 Å². The van der Waals surface area contributed by atoms with Gasteiger partial charge in [0.05, 0.1) is 19.0 Å². The number of H-pyrrole nitrogens is 1. The van der Waals surface area contributed by atoms with E-state index < -0.39 is 12.1 Å². The molecule has 4 rings (SSSR count). The summed E-state index contributed by atoms with van der Waals surface area (Å²) in [5.74, 6) is -0.730. The van der Waals surface area contributed by atoms with E-state index in [4.69, 9.17) is 9.47 Å². The number of fused-ring (bicyclic) bond motifs is 1. The SMILES string of the molecule is COc1cn(-c2ccccc2)nc1C(=O)OC(C)C(=O)c1c(C)[nH]c2ccccc12. The molecule has 152 valence electrons. The predicted molar refractivity (Wildman–Crippen MR) is 112 cm³/mol. The molecule has 1 N–H and O–H groups in total. The van der Waals surface area contributed by atoms with Gasteiger partial charge in [-0.2, -0.15) is 5.10 Å². The van der Waals surface area contributed by atoms with Crippen LogP contribution in [0.2, 0.25) is 0 Å².